The summed E-state index contributed by atoms with van der Waals surface area (Å²) < 4.78 is 27.2. The Labute approximate surface area is 130 Å². The predicted octanol–water partition coefficient (Wildman–Crippen LogP) is 4.86. The zero-order chi connectivity index (χ0) is 15.4. The van der Waals surface area contributed by atoms with Crippen molar-refractivity contribution in [1.29, 1.82) is 0 Å². The van der Waals surface area contributed by atoms with E-state index in [9.17, 15) is 8.78 Å². The number of halogens is 2. The molecule has 0 saturated heterocycles. The average Bonchev–Trinajstić information content (AvgIpc) is 2.44. The molecule has 1 N–H and O–H groups in total. The quantitative estimate of drug-likeness (QED) is 0.833. The molecule has 3 unspecified atom stereocenters. The summed E-state index contributed by atoms with van der Waals surface area (Å²) in [5.41, 5.74) is 0. The predicted molar refractivity (Wildman–Crippen MR) is 85.6 cm³/mol. The Bertz CT molecular complexity index is 464. The average molecular weight is 313 g/mol. The molecule has 0 bridgehead atoms. The Kier molecular flexibility index (Phi) is 6.06. The number of hydrogen-bond acceptors (Lipinski definition) is 2. The molecule has 0 spiro atoms. The van der Waals surface area contributed by atoms with Gasteiger partial charge in [0, 0.05) is 16.2 Å². The lowest BCUT2D eigenvalue weighted by molar-refractivity contribution is 0.247. The molecular weight excluding hydrogens is 288 g/mol. The maximum atomic E-state index is 13.9. The van der Waals surface area contributed by atoms with E-state index < -0.39 is 0 Å². The summed E-state index contributed by atoms with van der Waals surface area (Å²) >= 11 is 1.50. The van der Waals surface area contributed by atoms with Crippen LogP contribution in [0.25, 0.3) is 0 Å². The van der Waals surface area contributed by atoms with Gasteiger partial charge in [-0.05, 0) is 55.8 Å². The summed E-state index contributed by atoms with van der Waals surface area (Å²) in [7, 11) is 0. The van der Waals surface area contributed by atoms with Crippen molar-refractivity contribution in [3.05, 3.63) is 29.8 Å². The van der Waals surface area contributed by atoms with Crippen molar-refractivity contribution in [2.24, 2.45) is 11.8 Å². The Morgan fingerprint density at radius 2 is 2.05 bits per heavy atom. The standard InChI is InChI=1S/C17H25F2NS/c1-4-20-15-8-5-12(11(2)3)9-17(15)21-16-10-13(18)6-7-14(16)19/h6-7,10-12,15,17,20H,4-5,8-9H2,1-3H3. The lowest BCUT2D eigenvalue weighted by Gasteiger charge is -2.38. The second kappa shape index (κ2) is 7.59. The Morgan fingerprint density at radius 1 is 1.29 bits per heavy atom. The van der Waals surface area contributed by atoms with Crippen molar-refractivity contribution >= 4 is 11.8 Å². The third-order valence-electron chi connectivity index (χ3n) is 4.41. The molecule has 1 fully saturated rings. The van der Waals surface area contributed by atoms with E-state index in [1.807, 2.05) is 0 Å². The van der Waals surface area contributed by atoms with Gasteiger partial charge in [-0.1, -0.05) is 20.8 Å². The Balaban J connectivity index is 2.13. The smallest absolute Gasteiger partial charge is 0.136 e. The van der Waals surface area contributed by atoms with E-state index in [1.165, 1.54) is 36.4 Å². The molecule has 0 aliphatic heterocycles. The minimum atomic E-state index is -0.366. The molecule has 1 aromatic carbocycles. The highest BCUT2D eigenvalue weighted by Crippen LogP contribution is 2.40. The number of benzene rings is 1. The van der Waals surface area contributed by atoms with Crippen LogP contribution in [0.2, 0.25) is 0 Å². The van der Waals surface area contributed by atoms with Crippen LogP contribution in [0.15, 0.2) is 23.1 Å². The first-order chi connectivity index (χ1) is 10.0. The van der Waals surface area contributed by atoms with E-state index >= 15 is 0 Å². The molecule has 3 atom stereocenters. The number of thioether (sulfide) groups is 1. The molecule has 0 aromatic heterocycles. The van der Waals surface area contributed by atoms with Crippen molar-refractivity contribution in [1.82, 2.24) is 5.32 Å². The zero-order valence-electron chi connectivity index (χ0n) is 13.0. The molecule has 0 radical (unpaired) electrons. The van der Waals surface area contributed by atoms with E-state index in [2.05, 4.69) is 26.1 Å². The highest BCUT2D eigenvalue weighted by atomic mass is 32.2. The fraction of sp³-hybridized carbons (Fsp3) is 0.647. The molecule has 1 aliphatic rings. The Morgan fingerprint density at radius 3 is 2.71 bits per heavy atom. The van der Waals surface area contributed by atoms with E-state index in [1.54, 1.807) is 0 Å². The Hall–Kier alpha value is -0.610. The molecule has 21 heavy (non-hydrogen) atoms. The van der Waals surface area contributed by atoms with Gasteiger partial charge in [0.25, 0.3) is 0 Å². The lowest BCUT2D eigenvalue weighted by Crippen LogP contribution is -2.43. The summed E-state index contributed by atoms with van der Waals surface area (Å²) in [6.07, 6.45) is 3.40. The van der Waals surface area contributed by atoms with Crippen LogP contribution in [0, 0.1) is 23.5 Å². The van der Waals surface area contributed by atoms with Gasteiger partial charge in [-0.2, -0.15) is 0 Å². The van der Waals surface area contributed by atoms with Gasteiger partial charge in [-0.25, -0.2) is 8.78 Å². The van der Waals surface area contributed by atoms with Crippen molar-refractivity contribution in [3.63, 3.8) is 0 Å². The largest absolute Gasteiger partial charge is 0.313 e. The molecule has 118 valence electrons. The summed E-state index contributed by atoms with van der Waals surface area (Å²) in [5, 5.41) is 3.82. The van der Waals surface area contributed by atoms with Gasteiger partial charge in [-0.15, -0.1) is 11.8 Å². The van der Waals surface area contributed by atoms with Crippen LogP contribution in [0.4, 0.5) is 8.78 Å². The van der Waals surface area contributed by atoms with Gasteiger partial charge >= 0.3 is 0 Å². The summed E-state index contributed by atoms with van der Waals surface area (Å²) in [4.78, 5) is 0.437. The minimum absolute atomic E-state index is 0.308. The van der Waals surface area contributed by atoms with Crippen molar-refractivity contribution < 1.29 is 8.78 Å². The maximum absolute atomic E-state index is 13.9. The topological polar surface area (TPSA) is 12.0 Å². The molecule has 4 heteroatoms. The molecule has 1 aliphatic carbocycles. The second-order valence-electron chi connectivity index (χ2n) is 6.21. The summed E-state index contributed by atoms with van der Waals surface area (Å²) in [5.74, 6) is 0.639. The van der Waals surface area contributed by atoms with Gasteiger partial charge in [0.05, 0.1) is 0 Å². The van der Waals surface area contributed by atoms with Crippen LogP contribution >= 0.6 is 11.8 Å². The van der Waals surface area contributed by atoms with Crippen LogP contribution in [0.3, 0.4) is 0 Å². The first-order valence-corrected chi connectivity index (χ1v) is 8.74. The van der Waals surface area contributed by atoms with Crippen molar-refractivity contribution in [2.45, 2.75) is 56.2 Å². The third-order valence-corrected chi connectivity index (χ3v) is 5.80. The molecule has 1 aromatic rings. The van der Waals surface area contributed by atoms with E-state index in [0.29, 0.717) is 28.0 Å². The van der Waals surface area contributed by atoms with Crippen LogP contribution in [0.5, 0.6) is 0 Å². The first kappa shape index (κ1) is 16.8. The molecule has 1 saturated carbocycles. The SMILES string of the molecule is CCNC1CCC(C(C)C)CC1Sc1cc(F)ccc1F. The van der Waals surface area contributed by atoms with E-state index in [-0.39, 0.29) is 11.6 Å². The van der Waals surface area contributed by atoms with Crippen LogP contribution in [0.1, 0.15) is 40.0 Å². The van der Waals surface area contributed by atoms with Crippen LogP contribution in [-0.4, -0.2) is 17.8 Å². The molecule has 0 heterocycles. The fourth-order valence-corrected chi connectivity index (χ4v) is 4.55. The van der Waals surface area contributed by atoms with Crippen molar-refractivity contribution in [2.75, 3.05) is 6.54 Å². The number of nitrogens with one attached hydrogen (secondary N) is 1. The second-order valence-corrected chi connectivity index (χ2v) is 7.49. The summed E-state index contributed by atoms with van der Waals surface area (Å²) in [6.45, 7) is 7.52. The van der Waals surface area contributed by atoms with Gasteiger partial charge in [0.1, 0.15) is 11.6 Å². The fourth-order valence-electron chi connectivity index (χ4n) is 3.12. The van der Waals surface area contributed by atoms with E-state index in [4.69, 9.17) is 0 Å². The first-order valence-electron chi connectivity index (χ1n) is 7.86. The minimum Gasteiger partial charge on any atom is -0.313 e. The van der Waals surface area contributed by atoms with Crippen LogP contribution in [-0.2, 0) is 0 Å². The maximum Gasteiger partial charge on any atom is 0.136 e. The van der Waals surface area contributed by atoms with Gasteiger partial charge in [-0.3, -0.25) is 0 Å². The highest BCUT2D eigenvalue weighted by Gasteiger charge is 2.32. The monoisotopic (exact) mass is 313 g/mol. The van der Waals surface area contributed by atoms with Gasteiger partial charge < -0.3 is 5.32 Å². The zero-order valence-corrected chi connectivity index (χ0v) is 13.9. The van der Waals surface area contributed by atoms with Gasteiger partial charge in [0.15, 0.2) is 0 Å². The normalized spacial score (nSPS) is 26.3. The molecule has 1 nitrogen and oxygen atoms in total. The van der Waals surface area contributed by atoms with Crippen LogP contribution < -0.4 is 5.32 Å². The summed E-state index contributed by atoms with van der Waals surface area (Å²) in [6, 6.07) is 4.11. The number of hydrogen-bond donors (Lipinski definition) is 1. The molecule has 0 amide bonds. The lowest BCUT2D eigenvalue weighted by atomic mass is 9.79. The third kappa shape index (κ3) is 4.43. The van der Waals surface area contributed by atoms with Gasteiger partial charge in [0.2, 0.25) is 0 Å². The highest BCUT2D eigenvalue weighted by molar-refractivity contribution is 8.00. The number of rotatable bonds is 5. The molecular formula is C17H25F2NS. The van der Waals surface area contributed by atoms with E-state index in [0.717, 1.165) is 19.4 Å². The van der Waals surface area contributed by atoms with Crippen molar-refractivity contribution in [3.8, 4) is 0 Å². The molecule has 2 rings (SSSR count).